The Labute approximate surface area is 104 Å². The van der Waals surface area contributed by atoms with Crippen molar-refractivity contribution in [2.45, 2.75) is 51.7 Å². The van der Waals surface area contributed by atoms with Crippen LogP contribution in [-0.2, 0) is 11.2 Å². The van der Waals surface area contributed by atoms with Gasteiger partial charge in [0, 0.05) is 18.3 Å². The molecular formula is C15H23NO. The summed E-state index contributed by atoms with van der Waals surface area (Å²) >= 11 is 0. The van der Waals surface area contributed by atoms with Gasteiger partial charge in [-0.15, -0.1) is 0 Å². The molecule has 94 valence electrons. The molecule has 2 nitrogen and oxygen atoms in total. The molecule has 1 aromatic carbocycles. The summed E-state index contributed by atoms with van der Waals surface area (Å²) in [6.07, 6.45) is 3.27. The van der Waals surface area contributed by atoms with E-state index in [-0.39, 0.29) is 5.60 Å². The van der Waals surface area contributed by atoms with Crippen LogP contribution in [0.5, 0.6) is 0 Å². The smallest absolute Gasteiger partial charge is 0.0646 e. The van der Waals surface area contributed by atoms with Gasteiger partial charge in [-0.05, 0) is 50.8 Å². The average molecular weight is 233 g/mol. The highest BCUT2D eigenvalue weighted by Gasteiger charge is 2.28. The first-order valence-corrected chi connectivity index (χ1v) is 6.58. The molecule has 0 spiro atoms. The monoisotopic (exact) mass is 233 g/mol. The van der Waals surface area contributed by atoms with Gasteiger partial charge in [-0.3, -0.25) is 0 Å². The van der Waals surface area contributed by atoms with Gasteiger partial charge in [0.2, 0.25) is 0 Å². The van der Waals surface area contributed by atoms with Crippen LogP contribution in [0.3, 0.4) is 0 Å². The standard InChI is InChI=1S/C15H23NO/c1-4-12-5-7-13(8-6-12)16-14-9-10-17-15(2,3)11-14/h5-8,14,16H,4,9-11H2,1-3H3. The second kappa shape index (κ2) is 5.09. The zero-order chi connectivity index (χ0) is 12.3. The summed E-state index contributed by atoms with van der Waals surface area (Å²) in [4.78, 5) is 0. The predicted molar refractivity (Wildman–Crippen MR) is 72.5 cm³/mol. The second-order valence-corrected chi connectivity index (χ2v) is 5.49. The molecule has 1 unspecified atom stereocenters. The molecule has 1 atom stereocenters. The molecule has 2 rings (SSSR count). The molecule has 1 aliphatic rings. The van der Waals surface area contributed by atoms with Crippen molar-refractivity contribution >= 4 is 5.69 Å². The third-order valence-electron chi connectivity index (χ3n) is 3.43. The normalized spacial score (nSPS) is 23.4. The summed E-state index contributed by atoms with van der Waals surface area (Å²) in [5.74, 6) is 0. The Morgan fingerprint density at radius 1 is 1.29 bits per heavy atom. The highest BCUT2D eigenvalue weighted by atomic mass is 16.5. The van der Waals surface area contributed by atoms with E-state index in [1.54, 1.807) is 0 Å². The summed E-state index contributed by atoms with van der Waals surface area (Å²) in [7, 11) is 0. The van der Waals surface area contributed by atoms with Crippen molar-refractivity contribution < 1.29 is 4.74 Å². The number of hydrogen-bond acceptors (Lipinski definition) is 2. The number of benzene rings is 1. The Hall–Kier alpha value is -1.02. The summed E-state index contributed by atoms with van der Waals surface area (Å²) in [5.41, 5.74) is 2.63. The minimum atomic E-state index is 0.0132. The lowest BCUT2D eigenvalue weighted by atomic mass is 9.94. The van der Waals surface area contributed by atoms with E-state index in [1.165, 1.54) is 11.3 Å². The van der Waals surface area contributed by atoms with Crippen molar-refractivity contribution in [1.29, 1.82) is 0 Å². The molecule has 1 heterocycles. The maximum absolute atomic E-state index is 5.73. The Bertz CT molecular complexity index is 356. The van der Waals surface area contributed by atoms with Gasteiger partial charge in [0.25, 0.3) is 0 Å². The first-order valence-electron chi connectivity index (χ1n) is 6.58. The van der Waals surface area contributed by atoms with Gasteiger partial charge in [0.1, 0.15) is 0 Å². The van der Waals surface area contributed by atoms with E-state index >= 15 is 0 Å². The Kier molecular flexibility index (Phi) is 3.72. The maximum atomic E-state index is 5.73. The van der Waals surface area contributed by atoms with Crippen molar-refractivity contribution in [2.24, 2.45) is 0 Å². The first-order chi connectivity index (χ1) is 8.09. The van der Waals surface area contributed by atoms with E-state index in [2.05, 4.69) is 50.4 Å². The van der Waals surface area contributed by atoms with Crippen molar-refractivity contribution in [3.63, 3.8) is 0 Å². The van der Waals surface area contributed by atoms with Gasteiger partial charge in [0.15, 0.2) is 0 Å². The Morgan fingerprint density at radius 2 is 2.00 bits per heavy atom. The largest absolute Gasteiger partial charge is 0.382 e. The highest BCUT2D eigenvalue weighted by Crippen LogP contribution is 2.26. The molecule has 1 fully saturated rings. The SMILES string of the molecule is CCc1ccc(NC2CCOC(C)(C)C2)cc1. The van der Waals surface area contributed by atoms with Crippen LogP contribution in [0.15, 0.2) is 24.3 Å². The van der Waals surface area contributed by atoms with E-state index in [1.807, 2.05) is 0 Å². The topological polar surface area (TPSA) is 21.3 Å². The van der Waals surface area contributed by atoms with Crippen LogP contribution < -0.4 is 5.32 Å². The van der Waals surface area contributed by atoms with Crippen molar-refractivity contribution in [1.82, 2.24) is 0 Å². The molecule has 0 bridgehead atoms. The van der Waals surface area contributed by atoms with Crippen LogP contribution in [-0.4, -0.2) is 18.2 Å². The number of aryl methyl sites for hydroxylation is 1. The minimum Gasteiger partial charge on any atom is -0.382 e. The number of hydrogen-bond donors (Lipinski definition) is 1. The molecule has 0 aliphatic carbocycles. The van der Waals surface area contributed by atoms with Crippen LogP contribution >= 0.6 is 0 Å². The highest BCUT2D eigenvalue weighted by molar-refractivity contribution is 5.45. The van der Waals surface area contributed by atoms with Crippen LogP contribution in [0.1, 0.15) is 39.2 Å². The van der Waals surface area contributed by atoms with E-state index < -0.39 is 0 Å². The predicted octanol–water partition coefficient (Wildman–Crippen LogP) is 3.62. The van der Waals surface area contributed by atoms with Crippen molar-refractivity contribution in [3.05, 3.63) is 29.8 Å². The summed E-state index contributed by atoms with van der Waals surface area (Å²) < 4.78 is 5.73. The lowest BCUT2D eigenvalue weighted by Gasteiger charge is -2.36. The molecule has 0 saturated carbocycles. The van der Waals surface area contributed by atoms with E-state index in [0.29, 0.717) is 6.04 Å². The van der Waals surface area contributed by atoms with Gasteiger partial charge >= 0.3 is 0 Å². The summed E-state index contributed by atoms with van der Waals surface area (Å²) in [6.45, 7) is 7.38. The molecule has 2 heteroatoms. The van der Waals surface area contributed by atoms with Crippen LogP contribution in [0, 0.1) is 0 Å². The van der Waals surface area contributed by atoms with Gasteiger partial charge in [0.05, 0.1) is 5.60 Å². The molecule has 1 aromatic rings. The van der Waals surface area contributed by atoms with Gasteiger partial charge in [-0.25, -0.2) is 0 Å². The second-order valence-electron chi connectivity index (χ2n) is 5.49. The van der Waals surface area contributed by atoms with E-state index in [4.69, 9.17) is 4.74 Å². The molecule has 1 saturated heterocycles. The average Bonchev–Trinajstić information content (AvgIpc) is 2.29. The van der Waals surface area contributed by atoms with Crippen LogP contribution in [0.2, 0.25) is 0 Å². The van der Waals surface area contributed by atoms with Gasteiger partial charge in [-0.2, -0.15) is 0 Å². The minimum absolute atomic E-state index is 0.0132. The lowest BCUT2D eigenvalue weighted by Crippen LogP contribution is -2.40. The molecule has 17 heavy (non-hydrogen) atoms. The molecule has 1 aliphatic heterocycles. The molecule has 1 N–H and O–H groups in total. The molecule has 0 aromatic heterocycles. The van der Waals surface area contributed by atoms with E-state index in [0.717, 1.165) is 25.9 Å². The zero-order valence-corrected chi connectivity index (χ0v) is 11.1. The van der Waals surface area contributed by atoms with Gasteiger partial charge < -0.3 is 10.1 Å². The fraction of sp³-hybridized carbons (Fsp3) is 0.600. The third-order valence-corrected chi connectivity index (χ3v) is 3.43. The van der Waals surface area contributed by atoms with E-state index in [9.17, 15) is 0 Å². The van der Waals surface area contributed by atoms with Crippen molar-refractivity contribution in [3.8, 4) is 0 Å². The third kappa shape index (κ3) is 3.47. The summed E-state index contributed by atoms with van der Waals surface area (Å²) in [6, 6.07) is 9.30. The Balaban J connectivity index is 1.95. The Morgan fingerprint density at radius 3 is 2.59 bits per heavy atom. The maximum Gasteiger partial charge on any atom is 0.0646 e. The summed E-state index contributed by atoms with van der Waals surface area (Å²) in [5, 5.41) is 3.61. The van der Waals surface area contributed by atoms with Gasteiger partial charge in [-0.1, -0.05) is 19.1 Å². The fourth-order valence-corrected chi connectivity index (χ4v) is 2.43. The number of ether oxygens (including phenoxy) is 1. The van der Waals surface area contributed by atoms with Crippen LogP contribution in [0.25, 0.3) is 0 Å². The first kappa shape index (κ1) is 12.4. The molecular weight excluding hydrogens is 210 g/mol. The number of nitrogens with one attached hydrogen (secondary N) is 1. The number of rotatable bonds is 3. The number of anilines is 1. The zero-order valence-electron chi connectivity index (χ0n) is 11.1. The quantitative estimate of drug-likeness (QED) is 0.861. The fourth-order valence-electron chi connectivity index (χ4n) is 2.43. The molecule has 0 radical (unpaired) electrons. The molecule has 0 amide bonds. The van der Waals surface area contributed by atoms with Crippen LogP contribution in [0.4, 0.5) is 5.69 Å². The lowest BCUT2D eigenvalue weighted by molar-refractivity contribution is -0.0553. The van der Waals surface area contributed by atoms with Crippen molar-refractivity contribution in [2.75, 3.05) is 11.9 Å².